The van der Waals surface area contributed by atoms with Crippen LogP contribution in [0.15, 0.2) is 12.1 Å². The highest BCUT2D eigenvalue weighted by molar-refractivity contribution is 7.16. The molecule has 5 heteroatoms. The zero-order valence-electron chi connectivity index (χ0n) is 6.84. The Morgan fingerprint density at radius 3 is 3.00 bits per heavy atom. The first kappa shape index (κ1) is 8.99. The molecule has 2 N–H and O–H groups in total. The zero-order valence-corrected chi connectivity index (χ0v) is 8.41. The number of rotatable bonds is 1. The number of halogens is 1. The van der Waals surface area contributed by atoms with Gasteiger partial charge >= 0.3 is 0 Å². The molecule has 70 valence electrons. The largest absolute Gasteiger partial charge is 0.346 e. The van der Waals surface area contributed by atoms with Crippen molar-refractivity contribution < 1.29 is 4.79 Å². The molecule has 1 aliphatic heterocycles. The molecule has 3 nitrogen and oxygen atoms in total. The van der Waals surface area contributed by atoms with E-state index in [1.54, 1.807) is 0 Å². The van der Waals surface area contributed by atoms with Crippen LogP contribution in [-0.4, -0.2) is 19.0 Å². The highest BCUT2D eigenvalue weighted by atomic mass is 35.5. The van der Waals surface area contributed by atoms with E-state index in [9.17, 15) is 4.79 Å². The Labute approximate surface area is 85.1 Å². The second-order valence-electron chi connectivity index (χ2n) is 2.89. The fourth-order valence-corrected chi connectivity index (χ4v) is 2.43. The van der Waals surface area contributed by atoms with Gasteiger partial charge in [0.05, 0.1) is 16.9 Å². The van der Waals surface area contributed by atoms with E-state index in [0.29, 0.717) is 6.54 Å². The molecule has 0 aliphatic carbocycles. The third kappa shape index (κ3) is 2.02. The molecular formula is C8H9ClN2OS. The van der Waals surface area contributed by atoms with Crippen molar-refractivity contribution in [2.75, 3.05) is 13.1 Å². The number of thiophene rings is 1. The zero-order chi connectivity index (χ0) is 9.26. The molecule has 1 aromatic rings. The normalized spacial score (nSPS) is 22.8. The van der Waals surface area contributed by atoms with Gasteiger partial charge in [-0.25, -0.2) is 0 Å². The summed E-state index contributed by atoms with van der Waals surface area (Å²) in [4.78, 5) is 12.2. The maximum Gasteiger partial charge on any atom is 0.234 e. The minimum atomic E-state index is 0.0424. The van der Waals surface area contributed by atoms with Gasteiger partial charge in [0.2, 0.25) is 5.91 Å². The molecule has 1 aromatic heterocycles. The van der Waals surface area contributed by atoms with Gasteiger partial charge < -0.3 is 10.6 Å². The van der Waals surface area contributed by atoms with Crippen LogP contribution in [0.25, 0.3) is 0 Å². The van der Waals surface area contributed by atoms with Crippen LogP contribution in [0, 0.1) is 0 Å². The summed E-state index contributed by atoms with van der Waals surface area (Å²) in [5.74, 6) is 0.0424. The summed E-state index contributed by atoms with van der Waals surface area (Å²) < 4.78 is 0.759. The Bertz CT molecular complexity index is 326. The van der Waals surface area contributed by atoms with Crippen LogP contribution in [0.1, 0.15) is 10.9 Å². The van der Waals surface area contributed by atoms with Gasteiger partial charge in [-0.05, 0) is 12.1 Å². The molecule has 0 spiro atoms. The highest BCUT2D eigenvalue weighted by Crippen LogP contribution is 2.27. The van der Waals surface area contributed by atoms with Gasteiger partial charge in [0.1, 0.15) is 0 Å². The lowest BCUT2D eigenvalue weighted by Gasteiger charge is -2.22. The molecule has 1 amide bonds. The Morgan fingerprint density at radius 1 is 1.54 bits per heavy atom. The fourth-order valence-electron chi connectivity index (χ4n) is 1.31. The van der Waals surface area contributed by atoms with Gasteiger partial charge in [0, 0.05) is 11.4 Å². The Morgan fingerprint density at radius 2 is 2.38 bits per heavy atom. The smallest absolute Gasteiger partial charge is 0.234 e. The summed E-state index contributed by atoms with van der Waals surface area (Å²) in [5.41, 5.74) is 0. The maximum atomic E-state index is 11.1. The highest BCUT2D eigenvalue weighted by Gasteiger charge is 2.20. The van der Waals surface area contributed by atoms with E-state index < -0.39 is 0 Å². The van der Waals surface area contributed by atoms with Crippen molar-refractivity contribution in [1.82, 2.24) is 10.6 Å². The molecule has 2 heterocycles. The SMILES string of the molecule is O=C1CNCC(c2ccc(Cl)s2)N1. The molecule has 1 unspecified atom stereocenters. The number of piperazine rings is 1. The van der Waals surface area contributed by atoms with Crippen LogP contribution in [-0.2, 0) is 4.79 Å². The standard InChI is InChI=1S/C8H9ClN2OS/c9-7-2-1-6(13-7)5-3-10-4-8(12)11-5/h1-2,5,10H,3-4H2,(H,11,12). The fraction of sp³-hybridized carbons (Fsp3) is 0.375. The summed E-state index contributed by atoms with van der Waals surface area (Å²) in [7, 11) is 0. The van der Waals surface area contributed by atoms with Gasteiger partial charge in [-0.3, -0.25) is 4.79 Å². The third-order valence-corrected chi connectivity index (χ3v) is 3.25. The molecule has 0 aromatic carbocycles. The van der Waals surface area contributed by atoms with Crippen molar-refractivity contribution in [2.45, 2.75) is 6.04 Å². The monoisotopic (exact) mass is 216 g/mol. The second kappa shape index (κ2) is 3.65. The summed E-state index contributed by atoms with van der Waals surface area (Å²) in [6.07, 6.45) is 0. The van der Waals surface area contributed by atoms with E-state index in [2.05, 4.69) is 10.6 Å². The molecule has 1 atom stereocenters. The van der Waals surface area contributed by atoms with Crippen LogP contribution in [0.5, 0.6) is 0 Å². The Hall–Kier alpha value is -0.580. The van der Waals surface area contributed by atoms with Crippen molar-refractivity contribution in [2.24, 2.45) is 0 Å². The van der Waals surface area contributed by atoms with Gasteiger partial charge in [0.15, 0.2) is 0 Å². The molecule has 1 aliphatic rings. The van der Waals surface area contributed by atoms with Crippen molar-refractivity contribution in [3.8, 4) is 0 Å². The van der Waals surface area contributed by atoms with Gasteiger partial charge in [-0.1, -0.05) is 11.6 Å². The lowest BCUT2D eigenvalue weighted by atomic mass is 10.2. The van der Waals surface area contributed by atoms with Gasteiger partial charge in [-0.2, -0.15) is 0 Å². The summed E-state index contributed by atoms with van der Waals surface area (Å²) in [5, 5.41) is 5.94. The van der Waals surface area contributed by atoms with Crippen molar-refractivity contribution >= 4 is 28.8 Å². The first-order valence-electron chi connectivity index (χ1n) is 4.01. The van der Waals surface area contributed by atoms with Crippen molar-refractivity contribution in [3.05, 3.63) is 21.3 Å². The lowest BCUT2D eigenvalue weighted by Crippen LogP contribution is -2.46. The number of hydrogen-bond donors (Lipinski definition) is 2. The van der Waals surface area contributed by atoms with Gasteiger partial charge in [-0.15, -0.1) is 11.3 Å². The molecule has 1 saturated heterocycles. The number of hydrogen-bond acceptors (Lipinski definition) is 3. The summed E-state index contributed by atoms with van der Waals surface area (Å²) in [6, 6.07) is 3.88. The Kier molecular flexibility index (Phi) is 2.53. The predicted molar refractivity (Wildman–Crippen MR) is 53.1 cm³/mol. The maximum absolute atomic E-state index is 11.1. The first-order chi connectivity index (χ1) is 6.25. The van der Waals surface area contributed by atoms with E-state index in [4.69, 9.17) is 11.6 Å². The molecular weight excluding hydrogens is 208 g/mol. The van der Waals surface area contributed by atoms with E-state index in [0.717, 1.165) is 15.8 Å². The number of amides is 1. The quantitative estimate of drug-likeness (QED) is 0.740. The van der Waals surface area contributed by atoms with E-state index in [1.165, 1.54) is 11.3 Å². The summed E-state index contributed by atoms with van der Waals surface area (Å²) in [6.45, 7) is 1.19. The second-order valence-corrected chi connectivity index (χ2v) is 4.64. The number of nitrogens with one attached hydrogen (secondary N) is 2. The van der Waals surface area contributed by atoms with E-state index in [1.807, 2.05) is 12.1 Å². The molecule has 1 fully saturated rings. The first-order valence-corrected chi connectivity index (χ1v) is 5.20. The van der Waals surface area contributed by atoms with E-state index >= 15 is 0 Å². The number of carbonyl (C=O) groups excluding carboxylic acids is 1. The lowest BCUT2D eigenvalue weighted by molar-refractivity contribution is -0.122. The topological polar surface area (TPSA) is 41.1 Å². The average molecular weight is 217 g/mol. The molecule has 0 bridgehead atoms. The number of carbonyl (C=O) groups is 1. The van der Waals surface area contributed by atoms with Crippen LogP contribution in [0.2, 0.25) is 4.34 Å². The van der Waals surface area contributed by atoms with Crippen LogP contribution in [0.3, 0.4) is 0 Å². The molecule has 2 rings (SSSR count). The third-order valence-electron chi connectivity index (χ3n) is 1.91. The van der Waals surface area contributed by atoms with E-state index in [-0.39, 0.29) is 11.9 Å². The van der Waals surface area contributed by atoms with Crippen molar-refractivity contribution in [3.63, 3.8) is 0 Å². The molecule has 0 saturated carbocycles. The average Bonchev–Trinajstić information content (AvgIpc) is 2.52. The molecule has 13 heavy (non-hydrogen) atoms. The van der Waals surface area contributed by atoms with Crippen molar-refractivity contribution in [1.29, 1.82) is 0 Å². The Balaban J connectivity index is 2.12. The minimum absolute atomic E-state index is 0.0424. The minimum Gasteiger partial charge on any atom is -0.346 e. The molecule has 0 radical (unpaired) electrons. The summed E-state index contributed by atoms with van der Waals surface area (Å²) >= 11 is 7.31. The predicted octanol–water partition coefficient (Wildman–Crippen LogP) is 1.16. The van der Waals surface area contributed by atoms with Crippen LogP contribution < -0.4 is 10.6 Å². The van der Waals surface area contributed by atoms with Crippen LogP contribution in [0.4, 0.5) is 0 Å². The van der Waals surface area contributed by atoms with Crippen LogP contribution >= 0.6 is 22.9 Å². The van der Waals surface area contributed by atoms with Gasteiger partial charge in [0.25, 0.3) is 0 Å².